The summed E-state index contributed by atoms with van der Waals surface area (Å²) in [6, 6.07) is 10.3. The fourth-order valence-corrected chi connectivity index (χ4v) is 1.80. The molecule has 0 aliphatic heterocycles. The fourth-order valence-electron chi connectivity index (χ4n) is 1.80. The van der Waals surface area contributed by atoms with E-state index in [0.717, 1.165) is 0 Å². The minimum Gasteiger partial charge on any atom is -0.466 e. The summed E-state index contributed by atoms with van der Waals surface area (Å²) in [7, 11) is 0. The monoisotopic (exact) mass is 302 g/mol. The molecule has 0 bridgehead atoms. The number of nitrogens with zero attached hydrogens (tertiary/aromatic N) is 1. The molecule has 1 aromatic rings. The van der Waals surface area contributed by atoms with Gasteiger partial charge in [-0.2, -0.15) is 5.26 Å². The predicted octanol–water partition coefficient (Wildman–Crippen LogP) is 1.82. The second kappa shape index (κ2) is 9.29. The maximum Gasteiger partial charge on any atom is 0.305 e. The molecular formula is C16H18N2O4. The van der Waals surface area contributed by atoms with Crippen LogP contribution in [0.2, 0.25) is 0 Å². The number of hydrogen-bond acceptors (Lipinski definition) is 5. The minimum atomic E-state index is -0.632. The van der Waals surface area contributed by atoms with Gasteiger partial charge in [0.15, 0.2) is 0 Å². The summed E-state index contributed by atoms with van der Waals surface area (Å²) in [6.07, 6.45) is 0.169. The van der Waals surface area contributed by atoms with Crippen molar-refractivity contribution in [2.45, 2.75) is 26.2 Å². The molecule has 0 saturated heterocycles. The van der Waals surface area contributed by atoms with Crippen LogP contribution >= 0.6 is 0 Å². The zero-order chi connectivity index (χ0) is 16.4. The van der Waals surface area contributed by atoms with Crippen LogP contribution in [0.15, 0.2) is 30.3 Å². The average molecular weight is 302 g/mol. The Morgan fingerprint density at radius 3 is 2.55 bits per heavy atom. The summed E-state index contributed by atoms with van der Waals surface area (Å²) in [5.41, 5.74) is 0.371. The van der Waals surface area contributed by atoms with Gasteiger partial charge in [0, 0.05) is 18.4 Å². The Morgan fingerprint density at radius 2 is 1.95 bits per heavy atom. The van der Waals surface area contributed by atoms with Gasteiger partial charge in [0.2, 0.25) is 5.91 Å². The van der Waals surface area contributed by atoms with Crippen LogP contribution in [0.1, 0.15) is 36.5 Å². The van der Waals surface area contributed by atoms with Crippen molar-refractivity contribution in [2.75, 3.05) is 6.61 Å². The van der Waals surface area contributed by atoms with Crippen LogP contribution < -0.4 is 5.32 Å². The van der Waals surface area contributed by atoms with Crippen LogP contribution in [0, 0.1) is 17.2 Å². The summed E-state index contributed by atoms with van der Waals surface area (Å²) in [5.74, 6) is -2.08. The van der Waals surface area contributed by atoms with E-state index in [1.807, 2.05) is 6.07 Å². The summed E-state index contributed by atoms with van der Waals surface area (Å²) in [4.78, 5) is 34.8. The minimum absolute atomic E-state index is 0.0754. The molecule has 0 saturated carbocycles. The van der Waals surface area contributed by atoms with Crippen molar-refractivity contribution >= 4 is 17.8 Å². The van der Waals surface area contributed by atoms with Gasteiger partial charge in [-0.3, -0.25) is 19.7 Å². The highest BCUT2D eigenvalue weighted by atomic mass is 16.5. The number of nitriles is 1. The predicted molar refractivity (Wildman–Crippen MR) is 78.5 cm³/mol. The van der Waals surface area contributed by atoms with E-state index < -0.39 is 23.7 Å². The number of rotatable bonds is 7. The molecule has 0 radical (unpaired) electrons. The Bertz CT molecular complexity index is 563. The molecule has 0 aliphatic carbocycles. The molecule has 0 unspecified atom stereocenters. The van der Waals surface area contributed by atoms with Gasteiger partial charge in [-0.05, 0) is 25.5 Å². The second-order valence-electron chi connectivity index (χ2n) is 4.62. The van der Waals surface area contributed by atoms with Crippen molar-refractivity contribution in [1.29, 1.82) is 5.26 Å². The molecule has 22 heavy (non-hydrogen) atoms. The third kappa shape index (κ3) is 6.18. The smallest absolute Gasteiger partial charge is 0.305 e. The van der Waals surface area contributed by atoms with E-state index in [1.165, 1.54) is 0 Å². The van der Waals surface area contributed by atoms with Gasteiger partial charge in [0.25, 0.3) is 5.91 Å². The number of carbonyl (C=O) groups is 3. The van der Waals surface area contributed by atoms with E-state index >= 15 is 0 Å². The molecule has 0 spiro atoms. The molecule has 0 aromatic heterocycles. The number of imide groups is 1. The zero-order valence-corrected chi connectivity index (χ0v) is 12.4. The standard InChI is InChI=1S/C16H18N2O4/c1-2-22-15(20)9-8-12(11-17)10-14(19)18-16(21)13-6-4-3-5-7-13/h3-7,12H,2,8-10H2,1H3,(H,18,19,21)/t12-/m1/s1. The van der Waals surface area contributed by atoms with E-state index in [1.54, 1.807) is 37.3 Å². The van der Waals surface area contributed by atoms with Crippen molar-refractivity contribution in [1.82, 2.24) is 5.32 Å². The van der Waals surface area contributed by atoms with Crippen LogP contribution in [-0.4, -0.2) is 24.4 Å². The molecule has 6 heteroatoms. The van der Waals surface area contributed by atoms with Gasteiger partial charge in [0.1, 0.15) is 0 Å². The number of benzene rings is 1. The maximum atomic E-state index is 11.8. The highest BCUT2D eigenvalue weighted by Crippen LogP contribution is 2.11. The van der Waals surface area contributed by atoms with Crippen molar-refractivity contribution in [3.63, 3.8) is 0 Å². The Kier molecular flexibility index (Phi) is 7.34. The normalized spacial score (nSPS) is 11.1. The Labute approximate surface area is 129 Å². The highest BCUT2D eigenvalue weighted by Gasteiger charge is 2.17. The molecule has 1 aromatic carbocycles. The number of hydrogen-bond donors (Lipinski definition) is 1. The quantitative estimate of drug-likeness (QED) is 0.775. The molecule has 6 nitrogen and oxygen atoms in total. The summed E-state index contributed by atoms with van der Waals surface area (Å²) in [5, 5.41) is 11.2. The van der Waals surface area contributed by atoms with Crippen LogP contribution in [-0.2, 0) is 14.3 Å². The lowest BCUT2D eigenvalue weighted by Gasteiger charge is -2.09. The Balaban J connectivity index is 2.43. The van der Waals surface area contributed by atoms with Gasteiger partial charge in [-0.1, -0.05) is 18.2 Å². The van der Waals surface area contributed by atoms with E-state index in [2.05, 4.69) is 5.32 Å². The lowest BCUT2D eigenvalue weighted by molar-refractivity contribution is -0.143. The lowest BCUT2D eigenvalue weighted by atomic mass is 10.0. The van der Waals surface area contributed by atoms with Gasteiger partial charge in [0.05, 0.1) is 18.6 Å². The second-order valence-corrected chi connectivity index (χ2v) is 4.62. The molecule has 1 N–H and O–H groups in total. The molecular weight excluding hydrogens is 284 g/mol. The van der Waals surface area contributed by atoms with Crippen molar-refractivity contribution < 1.29 is 19.1 Å². The first-order valence-corrected chi connectivity index (χ1v) is 7.01. The van der Waals surface area contributed by atoms with Gasteiger partial charge >= 0.3 is 5.97 Å². The third-order valence-electron chi connectivity index (χ3n) is 2.91. The SMILES string of the molecule is CCOC(=O)CC[C@@H](C#N)CC(=O)NC(=O)c1ccccc1. The number of ether oxygens (including phenoxy) is 1. The van der Waals surface area contributed by atoms with E-state index in [-0.39, 0.29) is 25.9 Å². The van der Waals surface area contributed by atoms with Crippen LogP contribution in [0.3, 0.4) is 0 Å². The first kappa shape index (κ1) is 17.4. The summed E-state index contributed by atoms with van der Waals surface area (Å²) in [6.45, 7) is 1.98. The van der Waals surface area contributed by atoms with Crippen molar-refractivity contribution in [3.05, 3.63) is 35.9 Å². The summed E-state index contributed by atoms with van der Waals surface area (Å²) < 4.78 is 4.76. The third-order valence-corrected chi connectivity index (χ3v) is 2.91. The first-order valence-electron chi connectivity index (χ1n) is 7.01. The molecule has 0 fully saturated rings. The topological polar surface area (TPSA) is 96.3 Å². The average Bonchev–Trinajstić information content (AvgIpc) is 2.52. The van der Waals surface area contributed by atoms with Gasteiger partial charge in [-0.15, -0.1) is 0 Å². The molecule has 2 amide bonds. The van der Waals surface area contributed by atoms with Crippen LogP contribution in [0.4, 0.5) is 0 Å². The van der Waals surface area contributed by atoms with E-state index in [0.29, 0.717) is 5.56 Å². The fraction of sp³-hybridized carbons (Fsp3) is 0.375. The summed E-state index contributed by atoms with van der Waals surface area (Å²) >= 11 is 0. The molecule has 116 valence electrons. The number of carbonyl (C=O) groups excluding carboxylic acids is 3. The number of nitrogens with one attached hydrogen (secondary N) is 1. The number of esters is 1. The maximum absolute atomic E-state index is 11.8. The van der Waals surface area contributed by atoms with E-state index in [4.69, 9.17) is 10.00 Å². The largest absolute Gasteiger partial charge is 0.466 e. The van der Waals surface area contributed by atoms with Crippen molar-refractivity contribution in [2.24, 2.45) is 5.92 Å². The number of amides is 2. The van der Waals surface area contributed by atoms with Crippen LogP contribution in [0.5, 0.6) is 0 Å². The molecule has 0 heterocycles. The molecule has 1 atom stereocenters. The Morgan fingerprint density at radius 1 is 1.27 bits per heavy atom. The molecule has 0 aliphatic rings. The van der Waals surface area contributed by atoms with Gasteiger partial charge in [-0.25, -0.2) is 0 Å². The zero-order valence-electron chi connectivity index (χ0n) is 12.4. The molecule has 1 rings (SSSR count). The lowest BCUT2D eigenvalue weighted by Crippen LogP contribution is -2.31. The van der Waals surface area contributed by atoms with Gasteiger partial charge < -0.3 is 4.74 Å². The van der Waals surface area contributed by atoms with Crippen LogP contribution in [0.25, 0.3) is 0 Å². The highest BCUT2D eigenvalue weighted by molar-refractivity contribution is 6.04. The van der Waals surface area contributed by atoms with E-state index in [9.17, 15) is 14.4 Å². The first-order chi connectivity index (χ1) is 10.6. The van der Waals surface area contributed by atoms with Crippen molar-refractivity contribution in [3.8, 4) is 6.07 Å². The Hall–Kier alpha value is -2.68.